The zero-order valence-corrected chi connectivity index (χ0v) is 11.8. The van der Waals surface area contributed by atoms with Crippen LogP contribution in [0.3, 0.4) is 0 Å². The van der Waals surface area contributed by atoms with Gasteiger partial charge in [-0.15, -0.1) is 0 Å². The lowest BCUT2D eigenvalue weighted by atomic mass is 10.0. The van der Waals surface area contributed by atoms with Crippen molar-refractivity contribution in [1.82, 2.24) is 19.8 Å². The maximum absolute atomic E-state index is 12.6. The van der Waals surface area contributed by atoms with Gasteiger partial charge in [-0.2, -0.15) is 9.40 Å². The van der Waals surface area contributed by atoms with Crippen LogP contribution in [0.1, 0.15) is 32.3 Å². The van der Waals surface area contributed by atoms with E-state index in [1.54, 1.807) is 17.5 Å². The Balaban J connectivity index is 2.39. The van der Waals surface area contributed by atoms with Crippen molar-refractivity contribution in [2.75, 3.05) is 13.6 Å². The highest BCUT2D eigenvalue weighted by molar-refractivity contribution is 7.89. The molecule has 1 aromatic rings. The molecule has 0 atom stereocenters. The van der Waals surface area contributed by atoms with Crippen LogP contribution in [-0.4, -0.2) is 42.1 Å². The highest BCUT2D eigenvalue weighted by Crippen LogP contribution is 2.34. The fraction of sp³-hybridized carbons (Fsp3) is 0.727. The minimum Gasteiger partial charge on any atom is -0.316 e. The molecule has 1 saturated heterocycles. The predicted octanol–water partition coefficient (Wildman–Crippen LogP) is 0.692. The molecule has 0 aromatic carbocycles. The summed E-state index contributed by atoms with van der Waals surface area (Å²) in [7, 11) is -1.70. The second-order valence-electron chi connectivity index (χ2n) is 5.25. The van der Waals surface area contributed by atoms with Crippen molar-refractivity contribution < 1.29 is 8.42 Å². The molecule has 18 heavy (non-hydrogen) atoms. The SMILES string of the molecule is CNCc1cn[nH]c1S(=O)(=O)N1CCCC1(C)C. The molecular weight excluding hydrogens is 252 g/mol. The van der Waals surface area contributed by atoms with Crippen molar-refractivity contribution in [3.05, 3.63) is 11.8 Å². The Bertz CT molecular complexity index is 521. The first-order chi connectivity index (χ1) is 8.39. The maximum Gasteiger partial charge on any atom is 0.260 e. The number of sulfonamides is 1. The van der Waals surface area contributed by atoms with Gasteiger partial charge in [0.05, 0.1) is 6.20 Å². The van der Waals surface area contributed by atoms with Crippen molar-refractivity contribution in [3.8, 4) is 0 Å². The third-order valence-electron chi connectivity index (χ3n) is 3.42. The zero-order valence-electron chi connectivity index (χ0n) is 11.0. The summed E-state index contributed by atoms with van der Waals surface area (Å²) in [5.74, 6) is 0. The summed E-state index contributed by atoms with van der Waals surface area (Å²) in [5, 5.41) is 9.65. The van der Waals surface area contributed by atoms with Crippen molar-refractivity contribution >= 4 is 10.0 Å². The summed E-state index contributed by atoms with van der Waals surface area (Å²) in [5.41, 5.74) is 0.362. The Morgan fingerprint density at radius 2 is 2.28 bits per heavy atom. The number of nitrogens with zero attached hydrogens (tertiary/aromatic N) is 2. The van der Waals surface area contributed by atoms with Crippen LogP contribution < -0.4 is 5.32 Å². The number of rotatable bonds is 4. The summed E-state index contributed by atoms with van der Waals surface area (Å²) in [6, 6.07) is 0. The molecule has 6 nitrogen and oxygen atoms in total. The highest BCUT2D eigenvalue weighted by Gasteiger charge is 2.42. The lowest BCUT2D eigenvalue weighted by Gasteiger charge is -2.30. The minimum absolute atomic E-state index is 0.215. The molecule has 2 heterocycles. The first-order valence-corrected chi connectivity index (χ1v) is 7.53. The van der Waals surface area contributed by atoms with E-state index in [-0.39, 0.29) is 10.6 Å². The molecule has 0 unspecified atom stereocenters. The number of H-pyrrole nitrogens is 1. The second kappa shape index (κ2) is 4.64. The monoisotopic (exact) mass is 272 g/mol. The third-order valence-corrected chi connectivity index (χ3v) is 5.54. The van der Waals surface area contributed by atoms with Gasteiger partial charge in [0.25, 0.3) is 10.0 Å². The van der Waals surface area contributed by atoms with Gasteiger partial charge < -0.3 is 5.32 Å². The molecule has 7 heteroatoms. The largest absolute Gasteiger partial charge is 0.316 e. The molecule has 2 N–H and O–H groups in total. The van der Waals surface area contributed by atoms with Crippen LogP contribution in [0.2, 0.25) is 0 Å². The van der Waals surface area contributed by atoms with Crippen molar-refractivity contribution in [2.24, 2.45) is 0 Å². The average Bonchev–Trinajstić information content (AvgIpc) is 2.85. The predicted molar refractivity (Wildman–Crippen MR) is 68.6 cm³/mol. The van der Waals surface area contributed by atoms with Crippen LogP contribution >= 0.6 is 0 Å². The number of hydrogen-bond acceptors (Lipinski definition) is 4. The van der Waals surface area contributed by atoms with E-state index in [2.05, 4.69) is 15.5 Å². The number of nitrogens with one attached hydrogen (secondary N) is 2. The van der Waals surface area contributed by atoms with E-state index in [9.17, 15) is 8.42 Å². The van der Waals surface area contributed by atoms with Gasteiger partial charge in [-0.3, -0.25) is 5.10 Å². The first-order valence-electron chi connectivity index (χ1n) is 6.09. The Labute approximate surface area is 108 Å². The quantitative estimate of drug-likeness (QED) is 0.845. The average molecular weight is 272 g/mol. The zero-order chi connectivity index (χ0) is 13.4. The van der Waals surface area contributed by atoms with Gasteiger partial charge in [0.1, 0.15) is 0 Å². The first kappa shape index (κ1) is 13.5. The van der Waals surface area contributed by atoms with Gasteiger partial charge in [0.15, 0.2) is 5.03 Å². The second-order valence-corrected chi connectivity index (χ2v) is 7.05. The number of aromatic amines is 1. The van der Waals surface area contributed by atoms with Gasteiger partial charge in [-0.25, -0.2) is 8.42 Å². The van der Waals surface area contributed by atoms with E-state index in [1.807, 2.05) is 13.8 Å². The van der Waals surface area contributed by atoms with Crippen molar-refractivity contribution in [3.63, 3.8) is 0 Å². The minimum atomic E-state index is -3.48. The summed E-state index contributed by atoms with van der Waals surface area (Å²) < 4.78 is 26.8. The molecule has 0 amide bonds. The van der Waals surface area contributed by atoms with E-state index in [0.29, 0.717) is 18.7 Å². The lowest BCUT2D eigenvalue weighted by Crippen LogP contribution is -2.43. The summed E-state index contributed by atoms with van der Waals surface area (Å²) >= 11 is 0. The lowest BCUT2D eigenvalue weighted by molar-refractivity contribution is 0.290. The van der Waals surface area contributed by atoms with Gasteiger partial charge in [0, 0.05) is 24.2 Å². The molecule has 0 spiro atoms. The van der Waals surface area contributed by atoms with E-state index >= 15 is 0 Å². The standard InChI is InChI=1S/C11H20N4O2S/c1-11(2)5-4-6-15(11)18(16,17)10-9(7-12-3)8-13-14-10/h8,12H,4-7H2,1-3H3,(H,13,14). The normalized spacial score (nSPS) is 20.4. The topological polar surface area (TPSA) is 78.1 Å². The van der Waals surface area contributed by atoms with E-state index in [4.69, 9.17) is 0 Å². The molecule has 102 valence electrons. The molecule has 1 aliphatic rings. The Morgan fingerprint density at radius 3 is 2.83 bits per heavy atom. The van der Waals surface area contributed by atoms with Crippen LogP contribution in [0.4, 0.5) is 0 Å². The molecule has 0 bridgehead atoms. The van der Waals surface area contributed by atoms with Crippen LogP contribution in [0, 0.1) is 0 Å². The Hall–Kier alpha value is -0.920. The molecule has 0 radical (unpaired) electrons. The van der Waals surface area contributed by atoms with E-state index < -0.39 is 10.0 Å². The fourth-order valence-corrected chi connectivity index (χ4v) is 4.43. The number of hydrogen-bond donors (Lipinski definition) is 2. The van der Waals surface area contributed by atoms with E-state index in [1.165, 1.54) is 0 Å². The summed E-state index contributed by atoms with van der Waals surface area (Å²) in [4.78, 5) is 0. The Morgan fingerprint density at radius 1 is 1.56 bits per heavy atom. The fourth-order valence-electron chi connectivity index (χ4n) is 2.48. The summed E-state index contributed by atoms with van der Waals surface area (Å²) in [6.45, 7) is 4.99. The molecule has 0 aliphatic carbocycles. The van der Waals surface area contributed by atoms with Gasteiger partial charge in [-0.1, -0.05) is 0 Å². The molecule has 1 aromatic heterocycles. The molecule has 0 saturated carbocycles. The summed E-state index contributed by atoms with van der Waals surface area (Å²) in [6.07, 6.45) is 3.36. The molecule has 2 rings (SSSR count). The van der Waals surface area contributed by atoms with Crippen LogP contribution in [0.15, 0.2) is 11.2 Å². The van der Waals surface area contributed by atoms with Crippen molar-refractivity contribution in [1.29, 1.82) is 0 Å². The Kier molecular flexibility index (Phi) is 3.48. The molecule has 1 fully saturated rings. The molecular formula is C11H20N4O2S. The highest BCUT2D eigenvalue weighted by atomic mass is 32.2. The smallest absolute Gasteiger partial charge is 0.260 e. The van der Waals surface area contributed by atoms with Gasteiger partial charge in [-0.05, 0) is 33.7 Å². The van der Waals surface area contributed by atoms with Crippen LogP contribution in [-0.2, 0) is 16.6 Å². The maximum atomic E-state index is 12.6. The van der Waals surface area contributed by atoms with E-state index in [0.717, 1.165) is 12.8 Å². The molecule has 1 aliphatic heterocycles. The van der Waals surface area contributed by atoms with Crippen LogP contribution in [0.5, 0.6) is 0 Å². The number of aromatic nitrogens is 2. The van der Waals surface area contributed by atoms with Crippen molar-refractivity contribution in [2.45, 2.75) is 43.8 Å². The van der Waals surface area contributed by atoms with Crippen LogP contribution in [0.25, 0.3) is 0 Å². The van der Waals surface area contributed by atoms with Gasteiger partial charge >= 0.3 is 0 Å². The van der Waals surface area contributed by atoms with Gasteiger partial charge in [0.2, 0.25) is 0 Å². The third kappa shape index (κ3) is 2.17.